The van der Waals surface area contributed by atoms with Gasteiger partial charge in [0, 0.05) is 24.3 Å². The largest absolute Gasteiger partial charge is 0.299 e. The number of Topliss-reactive ketones (excluding diaryl/α,β-unsaturated/α-hetero) is 2. The average molecular weight is 320 g/mol. The van der Waals surface area contributed by atoms with E-state index in [1.54, 1.807) is 0 Å². The predicted molar refractivity (Wildman–Crippen MR) is 96.2 cm³/mol. The van der Waals surface area contributed by atoms with Gasteiger partial charge in [-0.3, -0.25) is 9.59 Å². The van der Waals surface area contributed by atoms with E-state index in [-0.39, 0.29) is 17.6 Å². The van der Waals surface area contributed by atoms with Crippen LogP contribution in [0.2, 0.25) is 0 Å². The van der Waals surface area contributed by atoms with Gasteiger partial charge in [0.2, 0.25) is 0 Å². The van der Waals surface area contributed by atoms with Crippen molar-refractivity contribution >= 4 is 11.6 Å². The number of carbonyl (C=O) groups excluding carboxylic acids is 2. The van der Waals surface area contributed by atoms with E-state index in [2.05, 4.69) is 12.1 Å². The molecule has 2 aromatic carbocycles. The fourth-order valence-electron chi connectivity index (χ4n) is 3.68. The molecule has 1 aliphatic rings. The van der Waals surface area contributed by atoms with Crippen molar-refractivity contribution < 1.29 is 9.59 Å². The summed E-state index contributed by atoms with van der Waals surface area (Å²) in [5.41, 5.74) is 1.92. The lowest BCUT2D eigenvalue weighted by Gasteiger charge is -2.25. The van der Waals surface area contributed by atoms with Crippen LogP contribution >= 0.6 is 0 Å². The van der Waals surface area contributed by atoms with Gasteiger partial charge in [0.25, 0.3) is 0 Å². The van der Waals surface area contributed by atoms with Gasteiger partial charge in [-0.25, -0.2) is 0 Å². The molecule has 1 aliphatic carbocycles. The molecule has 2 atom stereocenters. The van der Waals surface area contributed by atoms with Crippen molar-refractivity contribution in [2.45, 2.75) is 44.4 Å². The molecule has 3 rings (SSSR count). The highest BCUT2D eigenvalue weighted by atomic mass is 16.1. The Bertz CT molecular complexity index is 676. The van der Waals surface area contributed by atoms with Gasteiger partial charge < -0.3 is 0 Å². The predicted octanol–water partition coefficient (Wildman–Crippen LogP) is 5.19. The van der Waals surface area contributed by atoms with Crippen molar-refractivity contribution in [2.75, 3.05) is 0 Å². The molecule has 0 spiro atoms. The molecule has 0 N–H and O–H groups in total. The Kier molecular flexibility index (Phi) is 5.58. The van der Waals surface area contributed by atoms with Crippen LogP contribution < -0.4 is 0 Å². The van der Waals surface area contributed by atoms with E-state index in [1.165, 1.54) is 5.56 Å². The van der Waals surface area contributed by atoms with E-state index in [9.17, 15) is 9.59 Å². The highest BCUT2D eigenvalue weighted by molar-refractivity contribution is 5.96. The normalized spacial score (nSPS) is 19.0. The van der Waals surface area contributed by atoms with Crippen molar-refractivity contribution in [2.24, 2.45) is 5.92 Å². The summed E-state index contributed by atoms with van der Waals surface area (Å²) >= 11 is 0. The zero-order valence-electron chi connectivity index (χ0n) is 14.0. The van der Waals surface area contributed by atoms with Gasteiger partial charge in [0.1, 0.15) is 5.78 Å². The van der Waals surface area contributed by atoms with Gasteiger partial charge in [-0.2, -0.15) is 0 Å². The minimum Gasteiger partial charge on any atom is -0.299 e. The van der Waals surface area contributed by atoms with Crippen LogP contribution in [0.25, 0.3) is 0 Å². The number of ketones is 2. The van der Waals surface area contributed by atoms with E-state index in [0.29, 0.717) is 18.6 Å². The summed E-state index contributed by atoms with van der Waals surface area (Å²) < 4.78 is 0. The summed E-state index contributed by atoms with van der Waals surface area (Å²) in [5, 5.41) is 0. The monoisotopic (exact) mass is 320 g/mol. The molecule has 24 heavy (non-hydrogen) atoms. The SMILES string of the molecule is O=C(CC(CC1CCCCC1=O)c1ccccc1)c1ccccc1. The van der Waals surface area contributed by atoms with Gasteiger partial charge in [-0.1, -0.05) is 67.1 Å². The molecule has 2 aromatic rings. The van der Waals surface area contributed by atoms with Crippen LogP contribution in [0.1, 0.15) is 60.4 Å². The molecule has 0 aromatic heterocycles. The third-order valence-corrected chi connectivity index (χ3v) is 5.05. The Morgan fingerprint density at radius 1 is 0.958 bits per heavy atom. The van der Waals surface area contributed by atoms with Gasteiger partial charge in [-0.15, -0.1) is 0 Å². The maximum atomic E-state index is 12.7. The second-order valence-corrected chi connectivity index (χ2v) is 6.75. The molecule has 124 valence electrons. The summed E-state index contributed by atoms with van der Waals surface area (Å²) in [7, 11) is 0. The second kappa shape index (κ2) is 8.05. The molecule has 0 saturated heterocycles. The summed E-state index contributed by atoms with van der Waals surface area (Å²) in [4.78, 5) is 24.9. The van der Waals surface area contributed by atoms with Crippen LogP contribution in [0.15, 0.2) is 60.7 Å². The van der Waals surface area contributed by atoms with Crippen molar-refractivity contribution in [1.29, 1.82) is 0 Å². The molecule has 0 amide bonds. The molecular weight excluding hydrogens is 296 g/mol. The number of hydrogen-bond acceptors (Lipinski definition) is 2. The zero-order valence-corrected chi connectivity index (χ0v) is 14.0. The Hall–Kier alpha value is -2.22. The molecule has 2 nitrogen and oxygen atoms in total. The number of carbonyl (C=O) groups is 2. The Labute approximate surface area is 143 Å². The van der Waals surface area contributed by atoms with Crippen LogP contribution in [-0.2, 0) is 4.79 Å². The first kappa shape index (κ1) is 16.6. The standard InChI is InChI=1S/C22H24O2/c23-21-14-8-7-13-19(21)15-20(17-9-3-1-4-10-17)16-22(24)18-11-5-2-6-12-18/h1-6,9-12,19-20H,7-8,13-16H2. The van der Waals surface area contributed by atoms with Crippen molar-refractivity contribution in [3.8, 4) is 0 Å². The molecule has 1 saturated carbocycles. The molecular formula is C22H24O2. The Balaban J connectivity index is 1.77. The summed E-state index contributed by atoms with van der Waals surface area (Å²) in [5.74, 6) is 0.778. The summed E-state index contributed by atoms with van der Waals surface area (Å²) in [6, 6.07) is 19.6. The quantitative estimate of drug-likeness (QED) is 0.686. The fourth-order valence-corrected chi connectivity index (χ4v) is 3.68. The van der Waals surface area contributed by atoms with E-state index in [0.717, 1.165) is 31.2 Å². The fraction of sp³-hybridized carbons (Fsp3) is 0.364. The van der Waals surface area contributed by atoms with Gasteiger partial charge >= 0.3 is 0 Å². The molecule has 2 unspecified atom stereocenters. The highest BCUT2D eigenvalue weighted by Gasteiger charge is 2.27. The third-order valence-electron chi connectivity index (χ3n) is 5.05. The summed E-state index contributed by atoms with van der Waals surface area (Å²) in [6.45, 7) is 0. The highest BCUT2D eigenvalue weighted by Crippen LogP contribution is 2.34. The molecule has 1 fully saturated rings. The van der Waals surface area contributed by atoms with E-state index in [4.69, 9.17) is 0 Å². The minimum atomic E-state index is 0.117. The van der Waals surface area contributed by atoms with Crippen molar-refractivity contribution in [1.82, 2.24) is 0 Å². The third kappa shape index (κ3) is 4.19. The number of hydrogen-bond donors (Lipinski definition) is 0. The lowest BCUT2D eigenvalue weighted by molar-refractivity contribution is -0.124. The van der Waals surface area contributed by atoms with Gasteiger partial charge in [0.05, 0.1) is 0 Å². The smallest absolute Gasteiger partial charge is 0.163 e. The second-order valence-electron chi connectivity index (χ2n) is 6.75. The van der Waals surface area contributed by atoms with Gasteiger partial charge in [0.15, 0.2) is 5.78 Å². The Morgan fingerprint density at radius 3 is 2.29 bits per heavy atom. The molecule has 0 radical (unpaired) electrons. The van der Waals surface area contributed by atoms with Crippen LogP contribution in [0.4, 0.5) is 0 Å². The van der Waals surface area contributed by atoms with Crippen molar-refractivity contribution in [3.05, 3.63) is 71.8 Å². The maximum Gasteiger partial charge on any atom is 0.163 e. The minimum absolute atomic E-state index is 0.117. The summed E-state index contributed by atoms with van der Waals surface area (Å²) in [6.07, 6.45) is 5.10. The number of benzene rings is 2. The lowest BCUT2D eigenvalue weighted by atomic mass is 9.78. The first-order valence-corrected chi connectivity index (χ1v) is 8.90. The topological polar surface area (TPSA) is 34.1 Å². The van der Waals surface area contributed by atoms with E-state index >= 15 is 0 Å². The molecule has 0 aliphatic heterocycles. The van der Waals surface area contributed by atoms with E-state index < -0.39 is 0 Å². The first-order chi connectivity index (χ1) is 11.7. The zero-order chi connectivity index (χ0) is 16.8. The van der Waals surface area contributed by atoms with Gasteiger partial charge in [-0.05, 0) is 30.7 Å². The molecule has 2 heteroatoms. The van der Waals surface area contributed by atoms with Crippen LogP contribution in [0.5, 0.6) is 0 Å². The first-order valence-electron chi connectivity index (χ1n) is 8.90. The van der Waals surface area contributed by atoms with Crippen LogP contribution in [0, 0.1) is 5.92 Å². The molecule has 0 heterocycles. The lowest BCUT2D eigenvalue weighted by Crippen LogP contribution is -2.22. The van der Waals surface area contributed by atoms with Crippen LogP contribution in [0.3, 0.4) is 0 Å². The van der Waals surface area contributed by atoms with Crippen LogP contribution in [-0.4, -0.2) is 11.6 Å². The van der Waals surface area contributed by atoms with Crippen molar-refractivity contribution in [3.63, 3.8) is 0 Å². The Morgan fingerprint density at radius 2 is 1.62 bits per heavy atom. The average Bonchev–Trinajstić information content (AvgIpc) is 2.64. The van der Waals surface area contributed by atoms with E-state index in [1.807, 2.05) is 48.5 Å². The molecule has 0 bridgehead atoms. The number of rotatable bonds is 6. The maximum absolute atomic E-state index is 12.7.